The van der Waals surface area contributed by atoms with Crippen molar-refractivity contribution in [1.82, 2.24) is 25.1 Å². The molecule has 4 rings (SSSR count). The molecule has 3 heterocycles. The second kappa shape index (κ2) is 8.18. The Morgan fingerprint density at radius 2 is 2.07 bits per heavy atom. The van der Waals surface area contributed by atoms with Gasteiger partial charge in [0.1, 0.15) is 10.6 Å². The maximum absolute atomic E-state index is 12.9. The van der Waals surface area contributed by atoms with Gasteiger partial charge < -0.3 is 15.6 Å². The highest BCUT2D eigenvalue weighted by Crippen LogP contribution is 2.39. The van der Waals surface area contributed by atoms with Crippen LogP contribution in [0.2, 0.25) is 0 Å². The van der Waals surface area contributed by atoms with Crippen LogP contribution in [0.25, 0.3) is 20.9 Å². The van der Waals surface area contributed by atoms with E-state index in [2.05, 4.69) is 20.5 Å². The molecular formula is C19H17FN6OS2. The van der Waals surface area contributed by atoms with Crippen molar-refractivity contribution in [3.05, 3.63) is 54.0 Å². The first-order valence-corrected chi connectivity index (χ1v) is 10.5. The number of thiophene rings is 1. The Kier molecular flexibility index (Phi) is 5.45. The third-order valence-electron chi connectivity index (χ3n) is 4.28. The lowest BCUT2D eigenvalue weighted by molar-refractivity contribution is -0.118. The van der Waals surface area contributed by atoms with E-state index in [9.17, 15) is 9.18 Å². The second-order valence-electron chi connectivity index (χ2n) is 6.26. The number of carbonyl (C=O) groups excluding carboxylic acids is 1. The van der Waals surface area contributed by atoms with E-state index in [0.717, 1.165) is 20.7 Å². The van der Waals surface area contributed by atoms with Crippen LogP contribution in [0.4, 0.5) is 10.1 Å². The van der Waals surface area contributed by atoms with E-state index in [1.54, 1.807) is 18.3 Å². The van der Waals surface area contributed by atoms with Crippen LogP contribution >= 0.6 is 23.1 Å². The van der Waals surface area contributed by atoms with Crippen molar-refractivity contribution < 1.29 is 9.18 Å². The standard InChI is InChI=1S/C19H17FN6OS2/c1-26-17(16-15(21)13-3-2-8-22-18(13)29-16)24-25-19(26)28-10-14(27)23-9-11-4-6-12(20)7-5-11/h2-8H,9-10,21H2,1H3,(H,23,27). The number of benzene rings is 1. The van der Waals surface area contributed by atoms with Gasteiger partial charge in [-0.05, 0) is 29.8 Å². The van der Waals surface area contributed by atoms with Crippen LogP contribution in [0.5, 0.6) is 0 Å². The smallest absolute Gasteiger partial charge is 0.230 e. The number of carbonyl (C=O) groups is 1. The zero-order chi connectivity index (χ0) is 20.4. The van der Waals surface area contributed by atoms with Gasteiger partial charge in [0.2, 0.25) is 5.91 Å². The third-order valence-corrected chi connectivity index (χ3v) is 6.42. The van der Waals surface area contributed by atoms with Crippen LogP contribution in [-0.4, -0.2) is 31.4 Å². The molecule has 10 heteroatoms. The normalized spacial score (nSPS) is 11.1. The quantitative estimate of drug-likeness (QED) is 0.458. The van der Waals surface area contributed by atoms with Crippen LogP contribution in [0, 0.1) is 5.82 Å². The Hall–Kier alpha value is -2.98. The number of aromatic nitrogens is 4. The topological polar surface area (TPSA) is 98.7 Å². The molecule has 0 saturated carbocycles. The molecule has 0 spiro atoms. The zero-order valence-electron chi connectivity index (χ0n) is 15.4. The van der Waals surface area contributed by atoms with Gasteiger partial charge in [0, 0.05) is 25.2 Å². The maximum atomic E-state index is 12.9. The molecule has 0 fully saturated rings. The van der Waals surface area contributed by atoms with E-state index in [0.29, 0.717) is 23.2 Å². The number of nitrogens with zero attached hydrogens (tertiary/aromatic N) is 4. The van der Waals surface area contributed by atoms with Gasteiger partial charge in [0.05, 0.1) is 16.3 Å². The number of nitrogen functional groups attached to an aromatic ring is 1. The largest absolute Gasteiger partial charge is 0.397 e. The van der Waals surface area contributed by atoms with Crippen LogP contribution < -0.4 is 11.1 Å². The summed E-state index contributed by atoms with van der Waals surface area (Å²) in [6.45, 7) is 0.342. The van der Waals surface area contributed by atoms with Crippen molar-refractivity contribution in [1.29, 1.82) is 0 Å². The number of amides is 1. The molecule has 0 radical (unpaired) electrons. The predicted octanol–water partition coefficient (Wildman–Crippen LogP) is 3.22. The molecule has 0 aliphatic carbocycles. The number of nitrogens with two attached hydrogens (primary N) is 1. The SMILES string of the molecule is Cn1c(SCC(=O)NCc2ccc(F)cc2)nnc1-c1sc2ncccc2c1N. The number of hydrogen-bond donors (Lipinski definition) is 2. The second-order valence-corrected chi connectivity index (χ2v) is 8.20. The lowest BCUT2D eigenvalue weighted by Gasteiger charge is -2.06. The van der Waals surface area contributed by atoms with Gasteiger partial charge in [-0.3, -0.25) is 4.79 Å². The highest BCUT2D eigenvalue weighted by Gasteiger charge is 2.19. The molecule has 0 saturated heterocycles. The number of hydrogen-bond acceptors (Lipinski definition) is 7. The van der Waals surface area contributed by atoms with Gasteiger partial charge in [-0.1, -0.05) is 23.9 Å². The van der Waals surface area contributed by atoms with Crippen LogP contribution in [0.3, 0.4) is 0 Å². The molecule has 7 nitrogen and oxygen atoms in total. The first-order chi connectivity index (χ1) is 14.0. The van der Waals surface area contributed by atoms with Crippen molar-refractivity contribution in [2.45, 2.75) is 11.7 Å². The van der Waals surface area contributed by atoms with Crippen molar-refractivity contribution in [3.63, 3.8) is 0 Å². The molecule has 0 bridgehead atoms. The Morgan fingerprint density at radius 3 is 2.83 bits per heavy atom. The van der Waals surface area contributed by atoms with E-state index >= 15 is 0 Å². The molecule has 0 aliphatic heterocycles. The number of rotatable bonds is 6. The lowest BCUT2D eigenvalue weighted by Crippen LogP contribution is -2.24. The molecule has 1 aromatic carbocycles. The lowest BCUT2D eigenvalue weighted by atomic mass is 10.2. The number of anilines is 1. The van der Waals surface area contributed by atoms with Gasteiger partial charge in [-0.15, -0.1) is 21.5 Å². The average molecular weight is 429 g/mol. The Balaban J connectivity index is 1.41. The van der Waals surface area contributed by atoms with Gasteiger partial charge in [0.25, 0.3) is 0 Å². The van der Waals surface area contributed by atoms with Crippen molar-refractivity contribution in [2.24, 2.45) is 7.05 Å². The van der Waals surface area contributed by atoms with Gasteiger partial charge >= 0.3 is 0 Å². The summed E-state index contributed by atoms with van der Waals surface area (Å²) in [5.74, 6) is 0.384. The molecule has 0 unspecified atom stereocenters. The highest BCUT2D eigenvalue weighted by molar-refractivity contribution is 7.99. The van der Waals surface area contributed by atoms with Crippen molar-refractivity contribution in [2.75, 3.05) is 11.5 Å². The monoisotopic (exact) mass is 428 g/mol. The minimum absolute atomic E-state index is 0.144. The van der Waals surface area contributed by atoms with E-state index in [4.69, 9.17) is 5.73 Å². The minimum Gasteiger partial charge on any atom is -0.397 e. The summed E-state index contributed by atoms with van der Waals surface area (Å²) >= 11 is 2.75. The fraction of sp³-hybridized carbons (Fsp3) is 0.158. The molecule has 0 aliphatic rings. The first-order valence-electron chi connectivity index (χ1n) is 8.69. The summed E-state index contributed by atoms with van der Waals surface area (Å²) in [5.41, 5.74) is 7.73. The fourth-order valence-electron chi connectivity index (χ4n) is 2.74. The van der Waals surface area contributed by atoms with Crippen LogP contribution in [0.15, 0.2) is 47.8 Å². The maximum Gasteiger partial charge on any atom is 0.230 e. The Morgan fingerprint density at radius 1 is 1.28 bits per heavy atom. The van der Waals surface area contributed by atoms with E-state index in [1.807, 2.05) is 23.7 Å². The fourth-order valence-corrected chi connectivity index (χ4v) is 4.56. The summed E-state index contributed by atoms with van der Waals surface area (Å²) in [4.78, 5) is 18.1. The summed E-state index contributed by atoms with van der Waals surface area (Å²) in [7, 11) is 1.84. The molecule has 1 amide bonds. The van der Waals surface area contributed by atoms with Gasteiger partial charge in [-0.25, -0.2) is 9.37 Å². The Bertz CT molecular complexity index is 1170. The van der Waals surface area contributed by atoms with Gasteiger partial charge in [0.15, 0.2) is 11.0 Å². The van der Waals surface area contributed by atoms with Crippen LogP contribution in [-0.2, 0) is 18.4 Å². The average Bonchev–Trinajstić information content (AvgIpc) is 3.26. The van der Waals surface area contributed by atoms with Gasteiger partial charge in [-0.2, -0.15) is 0 Å². The first kappa shape index (κ1) is 19.3. The number of pyridine rings is 1. The molecule has 3 N–H and O–H groups in total. The molecular weight excluding hydrogens is 411 g/mol. The number of halogens is 1. The summed E-state index contributed by atoms with van der Waals surface area (Å²) < 4.78 is 14.7. The number of thioether (sulfide) groups is 1. The highest BCUT2D eigenvalue weighted by atomic mass is 32.2. The summed E-state index contributed by atoms with van der Waals surface area (Å²) in [5, 5.41) is 12.8. The zero-order valence-corrected chi connectivity index (χ0v) is 17.1. The van der Waals surface area contributed by atoms with Crippen LogP contribution in [0.1, 0.15) is 5.56 Å². The number of fused-ring (bicyclic) bond motifs is 1. The third kappa shape index (κ3) is 4.08. The predicted molar refractivity (Wildman–Crippen MR) is 113 cm³/mol. The summed E-state index contributed by atoms with van der Waals surface area (Å²) in [6.07, 6.45) is 1.73. The summed E-state index contributed by atoms with van der Waals surface area (Å²) in [6, 6.07) is 9.79. The minimum atomic E-state index is -0.302. The van der Waals surface area contributed by atoms with E-state index in [1.165, 1.54) is 35.2 Å². The van der Waals surface area contributed by atoms with E-state index < -0.39 is 0 Å². The Labute approximate surface area is 174 Å². The number of nitrogens with one attached hydrogen (secondary N) is 1. The van der Waals surface area contributed by atoms with Crippen molar-refractivity contribution >= 4 is 44.9 Å². The molecule has 0 atom stereocenters. The molecule has 3 aromatic heterocycles. The molecule has 4 aromatic rings. The van der Waals surface area contributed by atoms with E-state index in [-0.39, 0.29) is 17.5 Å². The molecule has 29 heavy (non-hydrogen) atoms. The molecule has 148 valence electrons. The van der Waals surface area contributed by atoms with Crippen molar-refractivity contribution in [3.8, 4) is 10.7 Å².